The summed E-state index contributed by atoms with van der Waals surface area (Å²) in [6.45, 7) is 6.73. The number of nitrogens with one attached hydrogen (secondary N) is 1. The highest BCUT2D eigenvalue weighted by Gasteiger charge is 2.49. The summed E-state index contributed by atoms with van der Waals surface area (Å²) in [5.74, 6) is 3.53. The molecule has 5 aliphatic rings. The molecule has 5 nitrogen and oxygen atoms in total. The Bertz CT molecular complexity index is 830. The Kier molecular flexibility index (Phi) is 6.04. The number of amides is 2. The normalized spacial score (nSPS) is 31.6. The van der Waals surface area contributed by atoms with Crippen molar-refractivity contribution in [1.29, 1.82) is 0 Å². The van der Waals surface area contributed by atoms with Gasteiger partial charge in [0, 0.05) is 25.6 Å². The Labute approximate surface area is 192 Å². The van der Waals surface area contributed by atoms with Crippen LogP contribution in [0.4, 0.5) is 0 Å². The van der Waals surface area contributed by atoms with E-state index in [1.54, 1.807) is 0 Å². The lowest BCUT2D eigenvalue weighted by Crippen LogP contribution is -2.58. The van der Waals surface area contributed by atoms with Crippen LogP contribution in [0, 0.1) is 23.7 Å². The number of carbonyl (C=O) groups is 2. The van der Waals surface area contributed by atoms with E-state index in [0.717, 1.165) is 23.0 Å². The number of nitrogens with zero attached hydrogens (tertiary/aromatic N) is 1. The molecule has 1 aromatic carbocycles. The molecule has 6 rings (SSSR count). The van der Waals surface area contributed by atoms with Gasteiger partial charge < -0.3 is 15.0 Å². The molecule has 0 aromatic heterocycles. The third-order valence-electron chi connectivity index (χ3n) is 8.73. The number of rotatable bonds is 6. The van der Waals surface area contributed by atoms with Gasteiger partial charge in [0.25, 0.3) is 0 Å². The number of hydrogen-bond donors (Lipinski definition) is 1. The van der Waals surface area contributed by atoms with Crippen molar-refractivity contribution in [3.8, 4) is 0 Å². The van der Waals surface area contributed by atoms with Crippen molar-refractivity contribution in [2.24, 2.45) is 23.7 Å². The second kappa shape index (κ2) is 8.81. The lowest BCUT2D eigenvalue weighted by atomic mass is 9.54. The molecule has 174 valence electrons. The maximum Gasteiger partial charge on any atom is 0.230 e. The van der Waals surface area contributed by atoms with Crippen molar-refractivity contribution in [3.63, 3.8) is 0 Å². The summed E-state index contributed by atoms with van der Waals surface area (Å²) in [5, 5.41) is 3.50. The fourth-order valence-electron chi connectivity index (χ4n) is 6.96. The van der Waals surface area contributed by atoms with Gasteiger partial charge in [-0.25, -0.2) is 0 Å². The van der Waals surface area contributed by atoms with Crippen LogP contribution in [0.15, 0.2) is 24.3 Å². The van der Waals surface area contributed by atoms with Gasteiger partial charge in [0.2, 0.25) is 11.8 Å². The zero-order chi connectivity index (χ0) is 22.3. The second-order valence-corrected chi connectivity index (χ2v) is 11.2. The van der Waals surface area contributed by atoms with Gasteiger partial charge in [-0.3, -0.25) is 9.59 Å². The topological polar surface area (TPSA) is 58.6 Å². The molecule has 0 spiro atoms. The summed E-state index contributed by atoms with van der Waals surface area (Å²) < 4.78 is 5.34. The molecule has 0 radical (unpaired) electrons. The van der Waals surface area contributed by atoms with E-state index >= 15 is 0 Å². The lowest BCUT2D eigenvalue weighted by molar-refractivity contribution is -0.135. The smallest absolute Gasteiger partial charge is 0.230 e. The molecule has 0 unspecified atom stereocenters. The number of carbonyl (C=O) groups excluding carboxylic acids is 2. The minimum absolute atomic E-state index is 0.150. The third kappa shape index (κ3) is 4.33. The number of benzene rings is 1. The maximum atomic E-state index is 13.5. The molecule has 5 heteroatoms. The highest BCUT2D eigenvalue weighted by Crippen LogP contribution is 2.53. The Morgan fingerprint density at radius 1 is 1.03 bits per heavy atom. The zero-order valence-corrected chi connectivity index (χ0v) is 19.6. The van der Waals surface area contributed by atoms with Gasteiger partial charge in [0.1, 0.15) is 0 Å². The van der Waals surface area contributed by atoms with Crippen molar-refractivity contribution in [2.45, 2.75) is 70.3 Å². The molecule has 4 bridgehead atoms. The van der Waals surface area contributed by atoms with Crippen molar-refractivity contribution in [2.75, 3.05) is 26.3 Å². The first-order chi connectivity index (χ1) is 15.4. The van der Waals surface area contributed by atoms with E-state index in [9.17, 15) is 9.59 Å². The fourth-order valence-corrected chi connectivity index (χ4v) is 6.96. The van der Waals surface area contributed by atoms with E-state index < -0.39 is 5.41 Å². The molecular formula is C27H38N2O3. The monoisotopic (exact) mass is 438 g/mol. The van der Waals surface area contributed by atoms with Crippen LogP contribution in [0.2, 0.25) is 0 Å². The minimum Gasteiger partial charge on any atom is -0.378 e. The van der Waals surface area contributed by atoms with Crippen LogP contribution in [0.25, 0.3) is 0 Å². The summed E-state index contributed by atoms with van der Waals surface area (Å²) in [5.41, 5.74) is 1.58. The second-order valence-electron chi connectivity index (χ2n) is 11.2. The van der Waals surface area contributed by atoms with Crippen LogP contribution in [-0.2, 0) is 26.2 Å². The number of hydrogen-bond acceptors (Lipinski definition) is 3. The van der Waals surface area contributed by atoms with Crippen LogP contribution in [0.1, 0.15) is 63.5 Å². The minimum atomic E-state index is -0.584. The first-order valence-electron chi connectivity index (χ1n) is 12.7. The first kappa shape index (κ1) is 21.9. The van der Waals surface area contributed by atoms with E-state index in [1.807, 2.05) is 24.8 Å². The Morgan fingerprint density at radius 3 is 2.34 bits per heavy atom. The highest BCUT2D eigenvalue weighted by molar-refractivity contribution is 5.87. The average molecular weight is 439 g/mol. The SMILES string of the molecule is CC(C)(C(=O)NC1C2CC3CC(C2)CC1C3)c1cccc(CCC(=O)N2CCOCC2)c1. The Balaban J connectivity index is 1.21. The van der Waals surface area contributed by atoms with Crippen LogP contribution in [0.5, 0.6) is 0 Å². The van der Waals surface area contributed by atoms with E-state index in [-0.39, 0.29) is 11.8 Å². The maximum absolute atomic E-state index is 13.5. The predicted molar refractivity (Wildman–Crippen MR) is 124 cm³/mol. The van der Waals surface area contributed by atoms with Crippen molar-refractivity contribution in [1.82, 2.24) is 10.2 Å². The molecule has 1 heterocycles. The number of aryl methyl sites for hydroxylation is 1. The van der Waals surface area contributed by atoms with Gasteiger partial charge in [0.15, 0.2) is 0 Å². The highest BCUT2D eigenvalue weighted by atomic mass is 16.5. The summed E-state index contributed by atoms with van der Waals surface area (Å²) in [7, 11) is 0. The molecule has 1 N–H and O–H groups in total. The van der Waals surface area contributed by atoms with Crippen molar-refractivity contribution >= 4 is 11.8 Å². The molecule has 0 atom stereocenters. The van der Waals surface area contributed by atoms with E-state index in [2.05, 4.69) is 23.5 Å². The van der Waals surface area contributed by atoms with Crippen molar-refractivity contribution in [3.05, 3.63) is 35.4 Å². The molecule has 1 saturated heterocycles. The van der Waals surface area contributed by atoms with Gasteiger partial charge in [-0.2, -0.15) is 0 Å². The summed E-state index contributed by atoms with van der Waals surface area (Å²) >= 11 is 0. The Morgan fingerprint density at radius 2 is 1.69 bits per heavy atom. The van der Waals surface area contributed by atoms with E-state index in [0.29, 0.717) is 57.0 Å². The van der Waals surface area contributed by atoms with Gasteiger partial charge >= 0.3 is 0 Å². The summed E-state index contributed by atoms with van der Waals surface area (Å²) in [4.78, 5) is 27.9. The predicted octanol–water partition coefficient (Wildman–Crippen LogP) is 3.70. The van der Waals surface area contributed by atoms with E-state index in [1.165, 1.54) is 32.1 Å². The molecule has 2 amide bonds. The lowest BCUT2D eigenvalue weighted by Gasteiger charge is -2.54. The number of ether oxygens (including phenoxy) is 1. The van der Waals surface area contributed by atoms with Gasteiger partial charge in [-0.15, -0.1) is 0 Å². The quantitative estimate of drug-likeness (QED) is 0.737. The van der Waals surface area contributed by atoms with E-state index in [4.69, 9.17) is 4.74 Å². The first-order valence-corrected chi connectivity index (χ1v) is 12.7. The van der Waals surface area contributed by atoms with Crippen LogP contribution in [-0.4, -0.2) is 49.1 Å². The third-order valence-corrected chi connectivity index (χ3v) is 8.73. The summed E-state index contributed by atoms with van der Waals surface area (Å²) in [6.07, 6.45) is 7.88. The fraction of sp³-hybridized carbons (Fsp3) is 0.704. The van der Waals surface area contributed by atoms with Gasteiger partial charge in [0.05, 0.1) is 18.6 Å². The molecule has 4 aliphatic carbocycles. The van der Waals surface area contributed by atoms with Crippen molar-refractivity contribution < 1.29 is 14.3 Å². The molecule has 5 fully saturated rings. The Hall–Kier alpha value is -1.88. The largest absolute Gasteiger partial charge is 0.378 e. The standard InChI is InChI=1S/C27H38N2O3/c1-27(2,26(31)28-25-21-13-19-12-20(15-21)16-22(25)14-19)23-5-3-4-18(17-23)6-7-24(30)29-8-10-32-11-9-29/h3-5,17,19-22,25H,6-16H2,1-2H3,(H,28,31). The molecule has 1 aromatic rings. The molecule has 1 aliphatic heterocycles. The van der Waals surface area contributed by atoms with Crippen LogP contribution < -0.4 is 5.32 Å². The summed E-state index contributed by atoms with van der Waals surface area (Å²) in [6, 6.07) is 8.65. The van der Waals surface area contributed by atoms with Crippen LogP contribution in [0.3, 0.4) is 0 Å². The van der Waals surface area contributed by atoms with Crippen LogP contribution >= 0.6 is 0 Å². The zero-order valence-electron chi connectivity index (χ0n) is 19.6. The average Bonchev–Trinajstić information content (AvgIpc) is 2.80. The number of morpholine rings is 1. The molecule has 4 saturated carbocycles. The van der Waals surface area contributed by atoms with Gasteiger partial charge in [-0.05, 0) is 87.2 Å². The van der Waals surface area contributed by atoms with Gasteiger partial charge in [-0.1, -0.05) is 24.3 Å². The molecular weight excluding hydrogens is 400 g/mol. The molecule has 32 heavy (non-hydrogen) atoms.